The van der Waals surface area contributed by atoms with E-state index in [1.807, 2.05) is 27.7 Å². The van der Waals surface area contributed by atoms with Crippen LogP contribution >= 0.6 is 11.8 Å². The molecule has 0 aromatic heterocycles. The highest BCUT2D eigenvalue weighted by Gasteiger charge is 2.35. The van der Waals surface area contributed by atoms with Gasteiger partial charge in [-0.25, -0.2) is 0 Å². The molecule has 1 heterocycles. The van der Waals surface area contributed by atoms with Crippen molar-refractivity contribution >= 4 is 34.6 Å². The topological polar surface area (TPSA) is 85.0 Å². The molecule has 8 heteroatoms. The van der Waals surface area contributed by atoms with Crippen molar-refractivity contribution in [2.45, 2.75) is 39.8 Å². The molecule has 0 aliphatic carbocycles. The average molecular weight is 363 g/mol. The van der Waals surface area contributed by atoms with Gasteiger partial charge in [-0.1, -0.05) is 0 Å². The van der Waals surface area contributed by atoms with E-state index in [-0.39, 0.29) is 23.7 Å². The van der Waals surface area contributed by atoms with Crippen LogP contribution in [0, 0.1) is 10.1 Å². The molecule has 2 rings (SSSR count). The second-order valence-electron chi connectivity index (χ2n) is 6.07. The third kappa shape index (κ3) is 4.19. The van der Waals surface area contributed by atoms with Crippen molar-refractivity contribution < 1.29 is 14.5 Å². The lowest BCUT2D eigenvalue weighted by Gasteiger charge is -2.20. The van der Waals surface area contributed by atoms with E-state index in [4.69, 9.17) is 4.74 Å². The number of benzene rings is 1. The minimum Gasteiger partial charge on any atom is -0.496 e. The molecule has 1 saturated heterocycles. The molecule has 0 spiro atoms. The number of amidine groups is 1. The van der Waals surface area contributed by atoms with E-state index < -0.39 is 4.92 Å². The quantitative estimate of drug-likeness (QED) is 0.452. The number of carbonyl (C=O) groups is 1. The van der Waals surface area contributed by atoms with E-state index in [1.165, 1.54) is 37.1 Å². The van der Waals surface area contributed by atoms with Gasteiger partial charge in [0.1, 0.15) is 5.75 Å². The van der Waals surface area contributed by atoms with Crippen molar-refractivity contribution in [2.75, 3.05) is 7.11 Å². The number of hydrogen-bond acceptors (Lipinski definition) is 6. The number of hydrogen-bond donors (Lipinski definition) is 0. The number of methoxy groups -OCH3 is 1. The van der Waals surface area contributed by atoms with Crippen LogP contribution in [0.4, 0.5) is 5.69 Å². The van der Waals surface area contributed by atoms with Crippen molar-refractivity contribution in [3.63, 3.8) is 0 Å². The van der Waals surface area contributed by atoms with Gasteiger partial charge < -0.3 is 4.74 Å². The third-order valence-corrected chi connectivity index (χ3v) is 4.43. The summed E-state index contributed by atoms with van der Waals surface area (Å²) in [4.78, 5) is 29.9. The first-order valence-corrected chi connectivity index (χ1v) is 8.69. The zero-order valence-electron chi connectivity index (χ0n) is 14.8. The van der Waals surface area contributed by atoms with Gasteiger partial charge in [-0.05, 0) is 51.6 Å². The minimum absolute atomic E-state index is 0.0320. The van der Waals surface area contributed by atoms with E-state index in [2.05, 4.69) is 4.99 Å². The summed E-state index contributed by atoms with van der Waals surface area (Å²) in [7, 11) is 1.48. The number of nitro benzene ring substituents is 1. The third-order valence-electron chi connectivity index (χ3n) is 3.43. The number of ether oxygens (including phenoxy) is 1. The van der Waals surface area contributed by atoms with Gasteiger partial charge >= 0.3 is 0 Å². The Kier molecular flexibility index (Phi) is 5.84. The highest BCUT2D eigenvalue weighted by molar-refractivity contribution is 8.18. The zero-order valence-corrected chi connectivity index (χ0v) is 15.7. The van der Waals surface area contributed by atoms with Gasteiger partial charge in [0.25, 0.3) is 11.6 Å². The van der Waals surface area contributed by atoms with Gasteiger partial charge in [-0.2, -0.15) is 0 Å². The van der Waals surface area contributed by atoms with Crippen molar-refractivity contribution in [3.05, 3.63) is 38.8 Å². The van der Waals surface area contributed by atoms with Gasteiger partial charge in [0.15, 0.2) is 5.17 Å². The Bertz CT molecular complexity index is 756. The van der Waals surface area contributed by atoms with Crippen molar-refractivity contribution in [1.29, 1.82) is 0 Å². The van der Waals surface area contributed by atoms with E-state index in [0.717, 1.165) is 0 Å². The summed E-state index contributed by atoms with van der Waals surface area (Å²) in [5.41, 5.74) is 0.432. The second kappa shape index (κ2) is 7.69. The first-order valence-electron chi connectivity index (χ1n) is 7.88. The lowest BCUT2D eigenvalue weighted by atomic mass is 10.1. The average Bonchev–Trinajstić information content (AvgIpc) is 2.82. The maximum atomic E-state index is 12.7. The van der Waals surface area contributed by atoms with Gasteiger partial charge in [0.05, 0.1) is 16.9 Å². The first kappa shape index (κ1) is 19.0. The number of carbonyl (C=O) groups excluding carboxylic acids is 1. The Morgan fingerprint density at radius 2 is 2.00 bits per heavy atom. The van der Waals surface area contributed by atoms with Crippen molar-refractivity contribution in [2.24, 2.45) is 4.99 Å². The molecular weight excluding hydrogens is 342 g/mol. The SMILES string of the molecule is COc1ccc([N+](=O)[O-])cc1/C=C1/SC(=NC(C)C)N(C(C)C)C1=O. The summed E-state index contributed by atoms with van der Waals surface area (Å²) in [6.07, 6.45) is 1.62. The Morgan fingerprint density at radius 1 is 1.32 bits per heavy atom. The molecule has 0 saturated carbocycles. The fraction of sp³-hybridized carbons (Fsp3) is 0.412. The molecular formula is C17H21N3O4S. The van der Waals surface area contributed by atoms with Crippen molar-refractivity contribution in [1.82, 2.24) is 4.90 Å². The molecule has 1 aromatic rings. The molecule has 0 radical (unpaired) electrons. The van der Waals surface area contributed by atoms with E-state index in [9.17, 15) is 14.9 Å². The number of nitrogens with zero attached hydrogens (tertiary/aromatic N) is 3. The summed E-state index contributed by atoms with van der Waals surface area (Å²) in [5, 5.41) is 11.7. The molecule has 1 amide bonds. The summed E-state index contributed by atoms with van der Waals surface area (Å²) in [6.45, 7) is 7.74. The van der Waals surface area contributed by atoms with Gasteiger partial charge in [-0.3, -0.25) is 24.8 Å². The van der Waals surface area contributed by atoms with Crippen molar-refractivity contribution in [3.8, 4) is 5.75 Å². The van der Waals surface area contributed by atoms with E-state index in [0.29, 0.717) is 21.4 Å². The number of amides is 1. The largest absolute Gasteiger partial charge is 0.496 e. The minimum atomic E-state index is -0.475. The molecule has 1 aliphatic heterocycles. The van der Waals surface area contributed by atoms with Gasteiger partial charge in [0.2, 0.25) is 0 Å². The van der Waals surface area contributed by atoms with Crippen LogP contribution in [0.1, 0.15) is 33.3 Å². The molecule has 0 N–H and O–H groups in total. The maximum absolute atomic E-state index is 12.7. The molecule has 0 bridgehead atoms. The fourth-order valence-corrected chi connectivity index (χ4v) is 3.57. The Balaban J connectivity index is 2.49. The number of nitro groups is 1. The van der Waals surface area contributed by atoms with Crippen LogP contribution < -0.4 is 4.74 Å². The lowest BCUT2D eigenvalue weighted by Crippen LogP contribution is -2.35. The standard InChI is InChI=1S/C17H21N3O4S/c1-10(2)18-17-19(11(3)4)16(21)15(25-17)9-12-8-13(20(22)23)6-7-14(12)24-5/h6-11H,1-5H3/b15-9+,18-17?. The van der Waals surface area contributed by atoms with Gasteiger partial charge in [-0.15, -0.1) is 0 Å². The highest BCUT2D eigenvalue weighted by Crippen LogP contribution is 2.36. The Hall–Kier alpha value is -2.35. The summed E-state index contributed by atoms with van der Waals surface area (Å²) in [6, 6.07) is 4.32. The van der Waals surface area contributed by atoms with Gasteiger partial charge in [0, 0.05) is 29.8 Å². The summed E-state index contributed by atoms with van der Waals surface area (Å²) >= 11 is 1.27. The number of rotatable bonds is 5. The zero-order chi connectivity index (χ0) is 18.7. The molecule has 7 nitrogen and oxygen atoms in total. The smallest absolute Gasteiger partial charge is 0.270 e. The predicted octanol–water partition coefficient (Wildman–Crippen LogP) is 3.69. The Morgan fingerprint density at radius 3 is 2.52 bits per heavy atom. The summed E-state index contributed by atoms with van der Waals surface area (Å²) in [5.74, 6) is 0.310. The molecule has 0 atom stereocenters. The second-order valence-corrected chi connectivity index (χ2v) is 7.08. The molecule has 0 unspecified atom stereocenters. The monoisotopic (exact) mass is 363 g/mol. The van der Waals surface area contributed by atoms with Crippen LogP contribution in [0.2, 0.25) is 0 Å². The highest BCUT2D eigenvalue weighted by atomic mass is 32.2. The summed E-state index contributed by atoms with van der Waals surface area (Å²) < 4.78 is 5.26. The number of thioether (sulfide) groups is 1. The van der Waals surface area contributed by atoms with Crippen LogP contribution in [0.5, 0.6) is 5.75 Å². The molecule has 134 valence electrons. The van der Waals surface area contributed by atoms with Crippen LogP contribution in [-0.2, 0) is 4.79 Å². The maximum Gasteiger partial charge on any atom is 0.270 e. The van der Waals surface area contributed by atoms with Crippen LogP contribution in [0.15, 0.2) is 28.1 Å². The van der Waals surface area contributed by atoms with Crippen LogP contribution in [0.3, 0.4) is 0 Å². The number of non-ortho nitro benzene ring substituents is 1. The number of aliphatic imine (C=N–C) groups is 1. The Labute approximate surface area is 150 Å². The fourth-order valence-electron chi connectivity index (χ4n) is 2.34. The van der Waals surface area contributed by atoms with Crippen LogP contribution in [-0.4, -0.2) is 40.1 Å². The molecule has 1 fully saturated rings. The normalized spacial score (nSPS) is 18.0. The lowest BCUT2D eigenvalue weighted by molar-refractivity contribution is -0.384. The van der Waals surface area contributed by atoms with E-state index >= 15 is 0 Å². The predicted molar refractivity (Wildman–Crippen MR) is 99.8 cm³/mol. The first-order chi connectivity index (χ1) is 11.7. The molecule has 1 aliphatic rings. The van der Waals surface area contributed by atoms with Crippen LogP contribution in [0.25, 0.3) is 6.08 Å². The molecule has 1 aromatic carbocycles. The molecule has 25 heavy (non-hydrogen) atoms. The van der Waals surface area contributed by atoms with E-state index in [1.54, 1.807) is 11.0 Å².